The predicted molar refractivity (Wildman–Crippen MR) is 88.5 cm³/mol. The molecule has 3 rings (SSSR count). The minimum atomic E-state index is -0.994. The highest BCUT2D eigenvalue weighted by atomic mass is 19.1. The first kappa shape index (κ1) is 17.0. The van der Waals surface area contributed by atoms with E-state index in [0.29, 0.717) is 4.90 Å². The van der Waals surface area contributed by atoms with Gasteiger partial charge in [-0.25, -0.2) is 14.1 Å². The third kappa shape index (κ3) is 3.05. The summed E-state index contributed by atoms with van der Waals surface area (Å²) in [5, 5.41) is 13.1. The number of carbonyl (C=O) groups is 3. The maximum Gasteiger partial charge on any atom is 0.335 e. The van der Waals surface area contributed by atoms with E-state index < -0.39 is 34.2 Å². The van der Waals surface area contributed by atoms with Gasteiger partial charge in [-0.2, -0.15) is 0 Å². The van der Waals surface area contributed by atoms with E-state index in [1.807, 2.05) is 5.32 Å². The fourth-order valence-corrected chi connectivity index (χ4v) is 2.41. The van der Waals surface area contributed by atoms with Gasteiger partial charge in [0, 0.05) is 6.07 Å². The lowest BCUT2D eigenvalue weighted by atomic mass is 10.1. The molecule has 1 heterocycles. The summed E-state index contributed by atoms with van der Waals surface area (Å²) in [7, 11) is 0. The largest absolute Gasteiger partial charge is 0.335 e. The Labute approximate surface area is 145 Å². The van der Waals surface area contributed by atoms with Crippen molar-refractivity contribution in [1.82, 2.24) is 5.32 Å². The Morgan fingerprint density at radius 2 is 1.69 bits per heavy atom. The van der Waals surface area contributed by atoms with Crippen LogP contribution in [0.3, 0.4) is 0 Å². The van der Waals surface area contributed by atoms with Crippen LogP contribution in [0.25, 0.3) is 6.08 Å². The van der Waals surface area contributed by atoms with E-state index in [4.69, 9.17) is 0 Å². The molecule has 1 aliphatic heterocycles. The first-order valence-electron chi connectivity index (χ1n) is 7.29. The standard InChI is InChI=1S/C17H10FN3O5/c18-11-5-7-12(8-6-11)20-16(23)13(15(22)19-17(20)24)9-10-3-1-2-4-14(10)21(25)26/h1-9H,(H,19,22,24)/b13-9+. The van der Waals surface area contributed by atoms with Crippen LogP contribution in [0.5, 0.6) is 0 Å². The smallest absolute Gasteiger partial charge is 0.273 e. The molecule has 0 atom stereocenters. The first-order chi connectivity index (χ1) is 12.4. The van der Waals surface area contributed by atoms with Crippen molar-refractivity contribution in [3.05, 3.63) is 75.6 Å². The average molecular weight is 355 g/mol. The summed E-state index contributed by atoms with van der Waals surface area (Å²) >= 11 is 0. The fraction of sp³-hybridized carbons (Fsp3) is 0. The first-order valence-corrected chi connectivity index (χ1v) is 7.29. The number of nitro benzene ring substituents is 1. The second-order valence-electron chi connectivity index (χ2n) is 5.25. The van der Waals surface area contributed by atoms with E-state index in [2.05, 4.69) is 0 Å². The van der Waals surface area contributed by atoms with Gasteiger partial charge in [0.2, 0.25) is 0 Å². The third-order valence-corrected chi connectivity index (χ3v) is 3.62. The highest BCUT2D eigenvalue weighted by Crippen LogP contribution is 2.25. The molecule has 1 aliphatic rings. The minimum absolute atomic E-state index is 0.0319. The van der Waals surface area contributed by atoms with E-state index in [1.54, 1.807) is 0 Å². The molecule has 8 nitrogen and oxygen atoms in total. The van der Waals surface area contributed by atoms with Crippen molar-refractivity contribution in [3.63, 3.8) is 0 Å². The lowest BCUT2D eigenvalue weighted by Gasteiger charge is -2.26. The number of barbiturate groups is 1. The molecule has 0 saturated carbocycles. The lowest BCUT2D eigenvalue weighted by molar-refractivity contribution is -0.385. The number of para-hydroxylation sites is 1. The van der Waals surface area contributed by atoms with E-state index in [1.165, 1.54) is 36.4 Å². The highest BCUT2D eigenvalue weighted by Gasteiger charge is 2.37. The Hall–Kier alpha value is -3.88. The summed E-state index contributed by atoms with van der Waals surface area (Å²) in [6.07, 6.45) is 1.04. The summed E-state index contributed by atoms with van der Waals surface area (Å²) in [5.41, 5.74) is -0.673. The van der Waals surface area contributed by atoms with Gasteiger partial charge in [0.15, 0.2) is 0 Å². The Morgan fingerprint density at radius 1 is 1.04 bits per heavy atom. The lowest BCUT2D eigenvalue weighted by Crippen LogP contribution is -2.54. The number of nitrogens with zero attached hydrogens (tertiary/aromatic N) is 2. The Morgan fingerprint density at radius 3 is 2.35 bits per heavy atom. The number of rotatable bonds is 3. The normalized spacial score (nSPS) is 16.0. The molecule has 0 aliphatic carbocycles. The van der Waals surface area contributed by atoms with Crippen LogP contribution in [0.4, 0.5) is 20.6 Å². The zero-order valence-electron chi connectivity index (χ0n) is 13.0. The van der Waals surface area contributed by atoms with Crippen LogP contribution in [0.2, 0.25) is 0 Å². The van der Waals surface area contributed by atoms with Crippen LogP contribution in [0.1, 0.15) is 5.56 Å². The Kier molecular flexibility index (Phi) is 4.27. The average Bonchev–Trinajstić information content (AvgIpc) is 2.60. The summed E-state index contributed by atoms with van der Waals surface area (Å²) in [5.74, 6) is -2.51. The van der Waals surface area contributed by atoms with Gasteiger partial charge in [-0.3, -0.25) is 25.0 Å². The van der Waals surface area contributed by atoms with Gasteiger partial charge < -0.3 is 0 Å². The van der Waals surface area contributed by atoms with Crippen LogP contribution >= 0.6 is 0 Å². The minimum Gasteiger partial charge on any atom is -0.273 e. The van der Waals surface area contributed by atoms with Gasteiger partial charge in [-0.05, 0) is 36.4 Å². The predicted octanol–water partition coefficient (Wildman–Crippen LogP) is 2.40. The molecule has 0 radical (unpaired) electrons. The number of hydrogen-bond acceptors (Lipinski definition) is 5. The van der Waals surface area contributed by atoms with Crippen LogP contribution in [-0.4, -0.2) is 22.8 Å². The van der Waals surface area contributed by atoms with E-state index in [0.717, 1.165) is 18.2 Å². The molecule has 130 valence electrons. The topological polar surface area (TPSA) is 110 Å². The molecule has 0 unspecified atom stereocenters. The number of urea groups is 1. The summed E-state index contributed by atoms with van der Waals surface area (Å²) in [6.45, 7) is 0. The van der Waals surface area contributed by atoms with E-state index in [9.17, 15) is 28.9 Å². The molecule has 0 spiro atoms. The van der Waals surface area contributed by atoms with Crippen LogP contribution in [0, 0.1) is 15.9 Å². The van der Waals surface area contributed by atoms with Gasteiger partial charge in [-0.1, -0.05) is 12.1 Å². The Bertz CT molecular complexity index is 969. The molecule has 26 heavy (non-hydrogen) atoms. The van der Waals surface area contributed by atoms with Crippen molar-refractivity contribution in [2.24, 2.45) is 0 Å². The van der Waals surface area contributed by atoms with E-state index in [-0.39, 0.29) is 16.9 Å². The molecule has 1 fully saturated rings. The number of nitrogens with one attached hydrogen (secondary N) is 1. The SMILES string of the molecule is O=C1NC(=O)N(c2ccc(F)cc2)C(=O)/C1=C/c1ccccc1[N+](=O)[O-]. The zero-order valence-corrected chi connectivity index (χ0v) is 13.0. The van der Waals surface area contributed by atoms with Crippen molar-refractivity contribution in [3.8, 4) is 0 Å². The van der Waals surface area contributed by atoms with Crippen molar-refractivity contribution < 1.29 is 23.7 Å². The van der Waals surface area contributed by atoms with Crippen molar-refractivity contribution in [2.45, 2.75) is 0 Å². The summed E-state index contributed by atoms with van der Waals surface area (Å²) < 4.78 is 13.1. The molecule has 1 saturated heterocycles. The van der Waals surface area contributed by atoms with Gasteiger partial charge >= 0.3 is 6.03 Å². The van der Waals surface area contributed by atoms with E-state index >= 15 is 0 Å². The quantitative estimate of drug-likeness (QED) is 0.393. The van der Waals surface area contributed by atoms with Crippen molar-refractivity contribution >= 4 is 35.3 Å². The second-order valence-corrected chi connectivity index (χ2v) is 5.25. The van der Waals surface area contributed by atoms with Gasteiger partial charge in [0.25, 0.3) is 17.5 Å². The third-order valence-electron chi connectivity index (χ3n) is 3.62. The Balaban J connectivity index is 2.06. The second kappa shape index (κ2) is 6.55. The highest BCUT2D eigenvalue weighted by molar-refractivity contribution is 6.39. The molecule has 4 amide bonds. The number of hydrogen-bond donors (Lipinski definition) is 1. The van der Waals surface area contributed by atoms with Crippen molar-refractivity contribution in [1.29, 1.82) is 0 Å². The number of imide groups is 2. The zero-order chi connectivity index (χ0) is 18.8. The van der Waals surface area contributed by atoms with Gasteiger partial charge in [-0.15, -0.1) is 0 Å². The van der Waals surface area contributed by atoms with Gasteiger partial charge in [0.05, 0.1) is 16.2 Å². The molecule has 0 bridgehead atoms. The fourth-order valence-electron chi connectivity index (χ4n) is 2.41. The molecule has 2 aromatic carbocycles. The van der Waals surface area contributed by atoms with Crippen LogP contribution in [0.15, 0.2) is 54.1 Å². The summed E-state index contributed by atoms with van der Waals surface area (Å²) in [6, 6.07) is 9.05. The molecular weight excluding hydrogens is 345 g/mol. The summed E-state index contributed by atoms with van der Waals surface area (Å²) in [4.78, 5) is 47.8. The number of benzene rings is 2. The molecule has 9 heteroatoms. The van der Waals surface area contributed by atoms with Crippen LogP contribution < -0.4 is 10.2 Å². The number of halogens is 1. The number of anilines is 1. The van der Waals surface area contributed by atoms with Gasteiger partial charge in [0.1, 0.15) is 11.4 Å². The van der Waals surface area contributed by atoms with Crippen LogP contribution in [-0.2, 0) is 9.59 Å². The molecular formula is C17H10FN3O5. The molecule has 1 N–H and O–H groups in total. The molecule has 2 aromatic rings. The molecule has 0 aromatic heterocycles. The monoisotopic (exact) mass is 355 g/mol. The number of amides is 4. The number of nitro groups is 1. The van der Waals surface area contributed by atoms with Crippen molar-refractivity contribution in [2.75, 3.05) is 4.90 Å². The maximum absolute atomic E-state index is 13.1. The number of carbonyl (C=O) groups excluding carboxylic acids is 3. The maximum atomic E-state index is 13.1.